The average Bonchev–Trinajstić information content (AvgIpc) is 2.46. The first kappa shape index (κ1) is 14.2. The summed E-state index contributed by atoms with van der Waals surface area (Å²) >= 11 is 0. The number of allylic oxidation sites excluding steroid dienone is 6. The van der Waals surface area contributed by atoms with E-state index in [2.05, 4.69) is 39.0 Å². The smallest absolute Gasteiger partial charge is 0.194 e. The van der Waals surface area contributed by atoms with Gasteiger partial charge in [0.25, 0.3) is 0 Å². The zero-order valence-electron chi connectivity index (χ0n) is 12.6. The van der Waals surface area contributed by atoms with Crippen LogP contribution < -0.4 is 0 Å². The lowest BCUT2D eigenvalue weighted by Gasteiger charge is -2.30. The molecule has 1 atom stereocenters. The summed E-state index contributed by atoms with van der Waals surface area (Å²) in [5.74, 6) is 0.210. The summed E-state index contributed by atoms with van der Waals surface area (Å²) in [7, 11) is 1.13. The van der Waals surface area contributed by atoms with Crippen molar-refractivity contribution in [2.45, 2.75) is 26.4 Å². The Labute approximate surface area is 127 Å². The van der Waals surface area contributed by atoms with E-state index in [0.717, 1.165) is 30.2 Å². The van der Waals surface area contributed by atoms with Crippen molar-refractivity contribution in [3.63, 3.8) is 0 Å². The third-order valence-electron chi connectivity index (χ3n) is 3.77. The van der Waals surface area contributed by atoms with Gasteiger partial charge in [-0.3, -0.25) is 4.79 Å². The Morgan fingerprint density at radius 1 is 1.05 bits per heavy atom. The van der Waals surface area contributed by atoms with Crippen molar-refractivity contribution in [1.82, 2.24) is 0 Å². The molecular weight excluding hydrogens is 275 g/mol. The van der Waals surface area contributed by atoms with Gasteiger partial charge >= 0.3 is 0 Å². The normalized spacial score (nSPS) is 22.1. The summed E-state index contributed by atoms with van der Waals surface area (Å²) < 4.78 is 0. The van der Waals surface area contributed by atoms with Gasteiger partial charge in [0, 0.05) is 16.5 Å². The maximum atomic E-state index is 13.1. The van der Waals surface area contributed by atoms with Crippen LogP contribution in [0.2, 0.25) is 0 Å². The van der Waals surface area contributed by atoms with Crippen LogP contribution >= 0.6 is 8.20 Å². The number of hydrogen-bond acceptors (Lipinski definition) is 1. The topological polar surface area (TPSA) is 17.1 Å². The fraction of sp³-hybridized carbons (Fsp3) is 0.263. The number of Topliss-reactive ketones (excluding diaryl/α,β-unsaturated/α-hetero) is 1. The molecule has 0 aromatic heterocycles. The zero-order chi connectivity index (χ0) is 15.0. The van der Waals surface area contributed by atoms with E-state index in [0.29, 0.717) is 5.66 Å². The summed E-state index contributed by atoms with van der Waals surface area (Å²) in [5.41, 5.74) is 3.27. The molecule has 1 aromatic rings. The van der Waals surface area contributed by atoms with Gasteiger partial charge in [0.2, 0.25) is 0 Å². The maximum absolute atomic E-state index is 13.1. The van der Waals surface area contributed by atoms with E-state index in [9.17, 15) is 4.79 Å². The van der Waals surface area contributed by atoms with Crippen molar-refractivity contribution in [3.8, 4) is 0 Å². The largest absolute Gasteiger partial charge is 0.289 e. The molecule has 0 saturated heterocycles. The molecule has 1 unspecified atom stereocenters. The first-order chi connectivity index (χ1) is 9.98. The molecule has 0 radical (unpaired) electrons. The van der Waals surface area contributed by atoms with Gasteiger partial charge in [0.15, 0.2) is 5.78 Å². The van der Waals surface area contributed by atoms with Crippen molar-refractivity contribution >= 4 is 24.9 Å². The number of rotatable bonds is 1. The van der Waals surface area contributed by atoms with Crippen LogP contribution in [-0.4, -0.2) is 16.7 Å². The summed E-state index contributed by atoms with van der Waals surface area (Å²) in [6.45, 7) is 6.38. The molecule has 0 N–H and O–H groups in total. The molecule has 3 rings (SSSR count). The Hall–Kier alpha value is -1.72. The van der Waals surface area contributed by atoms with Crippen molar-refractivity contribution < 1.29 is 4.79 Å². The van der Waals surface area contributed by atoms with Gasteiger partial charge in [-0.1, -0.05) is 83.6 Å². The van der Waals surface area contributed by atoms with Gasteiger partial charge < -0.3 is 0 Å². The van der Waals surface area contributed by atoms with Gasteiger partial charge in [0.05, 0.1) is 0 Å². The molecule has 1 nitrogen and oxygen atoms in total. The lowest BCUT2D eigenvalue weighted by Crippen LogP contribution is -2.32. The molecule has 0 saturated carbocycles. The number of ketones is 1. The minimum Gasteiger partial charge on any atom is -0.289 e. The van der Waals surface area contributed by atoms with Crippen LogP contribution in [0.3, 0.4) is 0 Å². The van der Waals surface area contributed by atoms with Crippen LogP contribution in [0, 0.1) is 5.41 Å². The summed E-state index contributed by atoms with van der Waals surface area (Å²) in [6, 6.07) is 10.0. The van der Waals surface area contributed by atoms with E-state index in [-0.39, 0.29) is 11.2 Å². The number of hydrogen-bond donors (Lipinski definition) is 0. The molecular formula is C19H19OP. The fourth-order valence-corrected chi connectivity index (χ4v) is 4.19. The molecule has 2 aliphatic rings. The van der Waals surface area contributed by atoms with E-state index in [1.807, 2.05) is 36.4 Å². The van der Waals surface area contributed by atoms with Crippen LogP contribution in [0.15, 0.2) is 60.2 Å². The van der Waals surface area contributed by atoms with E-state index in [4.69, 9.17) is 0 Å². The molecule has 0 amide bonds. The van der Waals surface area contributed by atoms with Crippen LogP contribution in [-0.2, 0) is 4.79 Å². The highest BCUT2D eigenvalue weighted by Gasteiger charge is 2.34. The summed E-state index contributed by atoms with van der Waals surface area (Å²) in [4.78, 5) is 13.1. The second-order valence-electron chi connectivity index (χ2n) is 6.44. The molecule has 1 heterocycles. The van der Waals surface area contributed by atoms with Gasteiger partial charge in [-0.2, -0.15) is 0 Å². The molecule has 1 aromatic carbocycles. The first-order valence-electron chi connectivity index (χ1n) is 7.26. The SMILES string of the molecule is CC(C)(C)C1=PC2C=CC=CC2=C(c2ccccc2)C1=O. The second kappa shape index (κ2) is 5.24. The Morgan fingerprint density at radius 3 is 2.43 bits per heavy atom. The van der Waals surface area contributed by atoms with Gasteiger partial charge in [0.1, 0.15) is 0 Å². The molecule has 0 fully saturated rings. The Bertz CT molecular complexity index is 697. The number of carbonyl (C=O) groups excluding carboxylic acids is 1. The van der Waals surface area contributed by atoms with Crippen LogP contribution in [0.1, 0.15) is 26.3 Å². The highest BCUT2D eigenvalue weighted by Crippen LogP contribution is 2.41. The first-order valence-corrected chi connectivity index (χ1v) is 8.22. The maximum Gasteiger partial charge on any atom is 0.194 e. The molecule has 0 spiro atoms. The zero-order valence-corrected chi connectivity index (χ0v) is 13.5. The van der Waals surface area contributed by atoms with E-state index in [1.54, 1.807) is 0 Å². The third kappa shape index (κ3) is 2.59. The monoisotopic (exact) mass is 294 g/mol. The third-order valence-corrected chi connectivity index (χ3v) is 5.63. The quantitative estimate of drug-likeness (QED) is 0.687. The molecule has 21 heavy (non-hydrogen) atoms. The Kier molecular flexibility index (Phi) is 3.55. The van der Waals surface area contributed by atoms with Crippen LogP contribution in [0.4, 0.5) is 0 Å². The minimum atomic E-state index is -0.0980. The predicted octanol–water partition coefficient (Wildman–Crippen LogP) is 4.68. The molecule has 1 aliphatic carbocycles. The molecule has 1 aliphatic heterocycles. The van der Waals surface area contributed by atoms with E-state index in [1.165, 1.54) is 0 Å². The number of benzene rings is 1. The van der Waals surface area contributed by atoms with Crippen molar-refractivity contribution in [2.75, 3.05) is 0 Å². The molecule has 0 bridgehead atoms. The van der Waals surface area contributed by atoms with Crippen molar-refractivity contribution in [1.29, 1.82) is 0 Å². The van der Waals surface area contributed by atoms with Gasteiger partial charge in [-0.25, -0.2) is 0 Å². The van der Waals surface area contributed by atoms with Crippen molar-refractivity contribution in [2.24, 2.45) is 5.41 Å². The highest BCUT2D eigenvalue weighted by molar-refractivity contribution is 7.46. The fourth-order valence-electron chi connectivity index (χ4n) is 2.76. The predicted molar refractivity (Wildman–Crippen MR) is 91.8 cm³/mol. The van der Waals surface area contributed by atoms with E-state index < -0.39 is 0 Å². The summed E-state index contributed by atoms with van der Waals surface area (Å²) in [6.07, 6.45) is 8.41. The van der Waals surface area contributed by atoms with Crippen LogP contribution in [0.25, 0.3) is 5.57 Å². The Morgan fingerprint density at radius 2 is 1.76 bits per heavy atom. The van der Waals surface area contributed by atoms with E-state index >= 15 is 0 Å². The molecule has 106 valence electrons. The van der Waals surface area contributed by atoms with Gasteiger partial charge in [-0.15, -0.1) is 0 Å². The standard InChI is InChI=1S/C19H19OP/c1-19(2,3)18-17(20)16(13-9-5-4-6-10-13)14-11-7-8-12-15(14)21-18/h4-12,15H,1-3H3. The average molecular weight is 294 g/mol. The van der Waals surface area contributed by atoms with Crippen LogP contribution in [0.5, 0.6) is 0 Å². The summed E-state index contributed by atoms with van der Waals surface area (Å²) in [5, 5.41) is 1.01. The number of fused-ring (bicyclic) bond motifs is 1. The van der Waals surface area contributed by atoms with Gasteiger partial charge in [-0.05, 0) is 16.6 Å². The minimum absolute atomic E-state index is 0.0980. The highest BCUT2D eigenvalue weighted by atomic mass is 31.1. The lowest BCUT2D eigenvalue weighted by atomic mass is 9.82. The second-order valence-corrected chi connectivity index (χ2v) is 7.70. The molecule has 2 heteroatoms. The van der Waals surface area contributed by atoms with Crippen molar-refractivity contribution in [3.05, 3.63) is 65.8 Å². The number of carbonyl (C=O) groups is 1. The Balaban J connectivity index is 2.19. The lowest BCUT2D eigenvalue weighted by molar-refractivity contribution is -0.108.